The highest BCUT2D eigenvalue weighted by atomic mass is 15.0. The van der Waals surface area contributed by atoms with E-state index in [-0.39, 0.29) is 0 Å². The van der Waals surface area contributed by atoms with Crippen LogP contribution in [0.5, 0.6) is 0 Å². The zero-order valence-corrected chi connectivity index (χ0v) is 15.2. The third-order valence-corrected chi connectivity index (χ3v) is 4.75. The standard InChI is InChI=1S/C24H18N4/c25-19-15-22-24(16-21(19)26-17-9-3-1-4-10-17)28(18-11-5-2-6-12-18)23-14-8-7-13-20(23)27-22/h1-16H,25H2. The van der Waals surface area contributed by atoms with Crippen LogP contribution in [0.3, 0.4) is 0 Å². The largest absolute Gasteiger partial charge is 0.397 e. The van der Waals surface area contributed by atoms with Crippen molar-refractivity contribution in [1.29, 1.82) is 0 Å². The molecule has 0 radical (unpaired) electrons. The summed E-state index contributed by atoms with van der Waals surface area (Å²) in [6, 6.07) is 32.2. The maximum Gasteiger partial charge on any atom is 0.0900 e. The highest BCUT2D eigenvalue weighted by molar-refractivity contribution is 5.83. The fraction of sp³-hybridized carbons (Fsp3) is 0. The van der Waals surface area contributed by atoms with E-state index in [1.54, 1.807) is 0 Å². The Morgan fingerprint density at radius 2 is 1.43 bits per heavy atom. The topological polar surface area (TPSA) is 56.2 Å². The molecule has 0 spiro atoms. The minimum atomic E-state index is 0.610. The quantitative estimate of drug-likeness (QED) is 0.357. The van der Waals surface area contributed by atoms with Crippen molar-refractivity contribution >= 4 is 22.4 Å². The van der Waals surface area contributed by atoms with Gasteiger partial charge in [-0.3, -0.25) is 0 Å². The lowest BCUT2D eigenvalue weighted by Gasteiger charge is -2.19. The van der Waals surface area contributed by atoms with Crippen LogP contribution >= 0.6 is 0 Å². The van der Waals surface area contributed by atoms with Gasteiger partial charge in [-0.05, 0) is 48.5 Å². The maximum absolute atomic E-state index is 6.32. The van der Waals surface area contributed by atoms with Gasteiger partial charge < -0.3 is 10.3 Å². The lowest BCUT2D eigenvalue weighted by Crippen LogP contribution is -2.14. The number of para-hydroxylation sites is 4. The van der Waals surface area contributed by atoms with Gasteiger partial charge in [0.1, 0.15) is 0 Å². The van der Waals surface area contributed by atoms with Gasteiger partial charge >= 0.3 is 0 Å². The van der Waals surface area contributed by atoms with E-state index in [1.807, 2.05) is 78.9 Å². The molecule has 4 nitrogen and oxygen atoms in total. The average Bonchev–Trinajstić information content (AvgIpc) is 2.74. The summed E-state index contributed by atoms with van der Waals surface area (Å²) in [5.41, 5.74) is 12.6. The van der Waals surface area contributed by atoms with Crippen molar-refractivity contribution in [2.24, 2.45) is 4.99 Å². The lowest BCUT2D eigenvalue weighted by atomic mass is 10.1. The van der Waals surface area contributed by atoms with Crippen LogP contribution in [0.1, 0.15) is 0 Å². The third-order valence-electron chi connectivity index (χ3n) is 4.75. The fourth-order valence-electron chi connectivity index (χ4n) is 3.45. The molecule has 0 fully saturated rings. The van der Waals surface area contributed by atoms with E-state index in [0.29, 0.717) is 5.69 Å². The van der Waals surface area contributed by atoms with Gasteiger partial charge in [0.25, 0.3) is 0 Å². The smallest absolute Gasteiger partial charge is 0.0900 e. The van der Waals surface area contributed by atoms with Crippen molar-refractivity contribution in [1.82, 2.24) is 9.55 Å². The van der Waals surface area contributed by atoms with Crippen molar-refractivity contribution < 1.29 is 0 Å². The Labute approximate surface area is 162 Å². The SMILES string of the molecule is Nc1cc2nc3ccccc3n(-c3ccccc3)c-2cc1=Nc1ccccc1. The number of anilines is 1. The molecule has 0 saturated carbocycles. The summed E-state index contributed by atoms with van der Waals surface area (Å²) in [5.74, 6) is 0. The molecule has 134 valence electrons. The van der Waals surface area contributed by atoms with E-state index in [1.165, 1.54) is 0 Å². The van der Waals surface area contributed by atoms with E-state index < -0.39 is 0 Å². The minimum Gasteiger partial charge on any atom is -0.397 e. The molecular weight excluding hydrogens is 344 g/mol. The highest BCUT2D eigenvalue weighted by Crippen LogP contribution is 2.29. The monoisotopic (exact) mass is 362 g/mol. The van der Waals surface area contributed by atoms with Gasteiger partial charge in [0.2, 0.25) is 0 Å². The average molecular weight is 362 g/mol. The molecule has 0 atom stereocenters. The van der Waals surface area contributed by atoms with Crippen LogP contribution in [0.15, 0.2) is 102 Å². The minimum absolute atomic E-state index is 0.610. The molecule has 0 unspecified atom stereocenters. The Kier molecular flexibility index (Phi) is 3.87. The van der Waals surface area contributed by atoms with Crippen LogP contribution in [-0.2, 0) is 0 Å². The highest BCUT2D eigenvalue weighted by Gasteiger charge is 2.15. The summed E-state index contributed by atoms with van der Waals surface area (Å²) in [6.07, 6.45) is 0. The zero-order chi connectivity index (χ0) is 18.9. The number of nitrogen functional groups attached to an aromatic ring is 1. The lowest BCUT2D eigenvalue weighted by molar-refractivity contribution is 1.07. The number of aromatic nitrogens is 2. The van der Waals surface area contributed by atoms with Crippen LogP contribution in [0.25, 0.3) is 28.1 Å². The predicted molar refractivity (Wildman–Crippen MR) is 114 cm³/mol. The number of rotatable bonds is 2. The number of hydrogen-bond donors (Lipinski definition) is 1. The molecule has 28 heavy (non-hydrogen) atoms. The van der Waals surface area contributed by atoms with Crippen molar-refractivity contribution in [2.45, 2.75) is 0 Å². The normalized spacial score (nSPS) is 11.9. The van der Waals surface area contributed by atoms with Crippen LogP contribution in [-0.4, -0.2) is 9.55 Å². The summed E-state index contributed by atoms with van der Waals surface area (Å²) in [5, 5.41) is 0.737. The van der Waals surface area contributed by atoms with E-state index in [4.69, 9.17) is 15.7 Å². The summed E-state index contributed by atoms with van der Waals surface area (Å²) in [4.78, 5) is 9.57. The fourth-order valence-corrected chi connectivity index (χ4v) is 3.45. The predicted octanol–water partition coefficient (Wildman–Crippen LogP) is 4.94. The van der Waals surface area contributed by atoms with Crippen molar-refractivity contribution in [3.05, 3.63) is 102 Å². The van der Waals surface area contributed by atoms with Gasteiger partial charge in [0.15, 0.2) is 0 Å². The van der Waals surface area contributed by atoms with Crippen LogP contribution in [0.4, 0.5) is 11.4 Å². The molecule has 3 aromatic carbocycles. The summed E-state index contributed by atoms with van der Waals surface area (Å²) < 4.78 is 2.21. The Bertz CT molecular complexity index is 1310. The van der Waals surface area contributed by atoms with Crippen molar-refractivity contribution in [3.8, 4) is 17.1 Å². The van der Waals surface area contributed by atoms with Gasteiger partial charge in [-0.15, -0.1) is 0 Å². The van der Waals surface area contributed by atoms with Gasteiger partial charge in [-0.1, -0.05) is 48.5 Å². The zero-order valence-electron chi connectivity index (χ0n) is 15.2. The molecule has 5 rings (SSSR count). The first-order valence-electron chi connectivity index (χ1n) is 9.16. The number of hydrogen-bond acceptors (Lipinski definition) is 3. The molecule has 2 N–H and O–H groups in total. The molecule has 0 amide bonds. The first kappa shape index (κ1) is 16.3. The molecule has 3 aromatic rings. The second-order valence-electron chi connectivity index (χ2n) is 6.62. The third kappa shape index (κ3) is 2.81. The van der Waals surface area contributed by atoms with Crippen LogP contribution in [0.2, 0.25) is 0 Å². The van der Waals surface area contributed by atoms with Crippen LogP contribution in [0, 0.1) is 0 Å². The Morgan fingerprint density at radius 3 is 2.21 bits per heavy atom. The number of benzene rings is 4. The van der Waals surface area contributed by atoms with E-state index in [2.05, 4.69) is 22.8 Å². The van der Waals surface area contributed by atoms with Crippen LogP contribution < -0.4 is 11.1 Å². The number of fused-ring (bicyclic) bond motifs is 2. The molecule has 2 aliphatic rings. The molecule has 0 aromatic heterocycles. The number of nitrogens with zero attached hydrogens (tertiary/aromatic N) is 3. The van der Waals surface area contributed by atoms with Crippen molar-refractivity contribution in [2.75, 3.05) is 5.73 Å². The van der Waals surface area contributed by atoms with E-state index in [0.717, 1.165) is 39.2 Å². The second kappa shape index (κ2) is 6.67. The molecule has 0 saturated heterocycles. The molecule has 1 heterocycles. The first-order chi connectivity index (χ1) is 13.8. The molecule has 0 bridgehead atoms. The Morgan fingerprint density at radius 1 is 0.750 bits per heavy atom. The first-order valence-corrected chi connectivity index (χ1v) is 9.16. The van der Waals surface area contributed by atoms with E-state index in [9.17, 15) is 0 Å². The van der Waals surface area contributed by atoms with Gasteiger partial charge in [-0.2, -0.15) is 0 Å². The Balaban J connectivity index is 1.89. The Hall–Kier alpha value is -3.92. The van der Waals surface area contributed by atoms with Gasteiger partial charge in [0.05, 0.1) is 39.2 Å². The summed E-state index contributed by atoms with van der Waals surface area (Å²) in [6.45, 7) is 0. The van der Waals surface area contributed by atoms with E-state index >= 15 is 0 Å². The number of nitrogens with two attached hydrogens (primary N) is 1. The summed E-state index contributed by atoms with van der Waals surface area (Å²) >= 11 is 0. The summed E-state index contributed by atoms with van der Waals surface area (Å²) in [7, 11) is 0. The molecule has 4 heteroatoms. The molecule has 1 aliphatic carbocycles. The molecule has 1 aliphatic heterocycles. The second-order valence-corrected chi connectivity index (χ2v) is 6.62. The van der Waals surface area contributed by atoms with Gasteiger partial charge in [-0.25, -0.2) is 9.98 Å². The maximum atomic E-state index is 6.32. The van der Waals surface area contributed by atoms with Gasteiger partial charge in [0, 0.05) is 5.69 Å². The van der Waals surface area contributed by atoms with Crippen molar-refractivity contribution in [3.63, 3.8) is 0 Å². The molecular formula is C24H18N4.